The molecular formula is C17H21BrN4O. The first-order valence-electron chi connectivity index (χ1n) is 7.81. The number of H-pyrrole nitrogens is 1. The Morgan fingerprint density at radius 3 is 2.74 bits per heavy atom. The van der Waals surface area contributed by atoms with Crippen molar-refractivity contribution in [1.29, 1.82) is 0 Å². The fraction of sp³-hybridized carbons (Fsp3) is 0.412. The number of amides is 1. The van der Waals surface area contributed by atoms with Gasteiger partial charge in [0.25, 0.3) is 5.91 Å². The van der Waals surface area contributed by atoms with Crippen molar-refractivity contribution in [3.8, 4) is 0 Å². The molecule has 122 valence electrons. The summed E-state index contributed by atoms with van der Waals surface area (Å²) in [6.07, 6.45) is 0. The first-order chi connectivity index (χ1) is 11.0. The minimum Gasteiger partial charge on any atom is -0.373 e. The number of fused-ring (bicyclic) bond motifs is 1. The molecule has 0 unspecified atom stereocenters. The minimum atomic E-state index is -0.0369. The van der Waals surface area contributed by atoms with Crippen LogP contribution in [0.15, 0.2) is 28.7 Å². The summed E-state index contributed by atoms with van der Waals surface area (Å²) in [6, 6.07) is 8.23. The Kier molecular flexibility index (Phi) is 4.43. The lowest BCUT2D eigenvalue weighted by Crippen LogP contribution is -2.34. The molecule has 1 aromatic heterocycles. The predicted molar refractivity (Wildman–Crippen MR) is 94.8 cm³/mol. The van der Waals surface area contributed by atoms with Crippen LogP contribution in [-0.4, -0.2) is 41.1 Å². The van der Waals surface area contributed by atoms with Gasteiger partial charge in [-0.1, -0.05) is 32.0 Å². The minimum absolute atomic E-state index is 0.0369. The van der Waals surface area contributed by atoms with E-state index in [2.05, 4.69) is 64.1 Å². The number of rotatable bonds is 2. The molecular weight excluding hydrogens is 356 g/mol. The fourth-order valence-corrected chi connectivity index (χ4v) is 3.69. The van der Waals surface area contributed by atoms with E-state index in [0.29, 0.717) is 18.8 Å². The van der Waals surface area contributed by atoms with Gasteiger partial charge in [-0.3, -0.25) is 9.89 Å². The summed E-state index contributed by atoms with van der Waals surface area (Å²) in [4.78, 5) is 17.0. The van der Waals surface area contributed by atoms with Crippen molar-refractivity contribution >= 4 is 27.5 Å². The van der Waals surface area contributed by atoms with E-state index in [4.69, 9.17) is 0 Å². The van der Waals surface area contributed by atoms with E-state index < -0.39 is 0 Å². The number of aromatic nitrogens is 2. The maximum Gasteiger partial charge on any atom is 0.275 e. The molecule has 0 saturated heterocycles. The molecule has 1 aliphatic rings. The van der Waals surface area contributed by atoms with Gasteiger partial charge in [-0.05, 0) is 33.5 Å². The second-order valence-corrected chi connectivity index (χ2v) is 7.02. The molecule has 3 rings (SSSR count). The van der Waals surface area contributed by atoms with Crippen LogP contribution >= 0.6 is 15.9 Å². The van der Waals surface area contributed by atoms with E-state index in [1.807, 2.05) is 17.0 Å². The summed E-state index contributed by atoms with van der Waals surface area (Å²) in [5.41, 5.74) is 3.78. The van der Waals surface area contributed by atoms with Crippen LogP contribution in [0.4, 0.5) is 5.69 Å². The van der Waals surface area contributed by atoms with Gasteiger partial charge in [-0.25, -0.2) is 0 Å². The molecule has 2 aromatic rings. The number of para-hydroxylation sites is 1. The number of aromatic amines is 1. The number of hydrogen-bond acceptors (Lipinski definition) is 3. The summed E-state index contributed by atoms with van der Waals surface area (Å²) in [7, 11) is 2.06. The summed E-state index contributed by atoms with van der Waals surface area (Å²) in [6.45, 7) is 6.24. The van der Waals surface area contributed by atoms with Crippen LogP contribution in [0.25, 0.3) is 0 Å². The number of nitrogens with zero attached hydrogens (tertiary/aromatic N) is 3. The van der Waals surface area contributed by atoms with E-state index in [1.54, 1.807) is 0 Å². The second-order valence-electron chi connectivity index (χ2n) is 6.23. The summed E-state index contributed by atoms with van der Waals surface area (Å²) < 4.78 is 0.781. The number of nitrogens with one attached hydrogen (secondary N) is 1. The highest BCUT2D eigenvalue weighted by Gasteiger charge is 2.26. The predicted octanol–water partition coefficient (Wildman–Crippen LogP) is 3.39. The van der Waals surface area contributed by atoms with E-state index in [1.165, 1.54) is 5.69 Å². The normalized spacial score (nSPS) is 14.8. The van der Waals surface area contributed by atoms with Crippen molar-refractivity contribution in [2.45, 2.75) is 26.3 Å². The maximum absolute atomic E-state index is 12.9. The van der Waals surface area contributed by atoms with Crippen molar-refractivity contribution in [2.75, 3.05) is 25.0 Å². The van der Waals surface area contributed by atoms with Crippen molar-refractivity contribution in [3.05, 3.63) is 45.7 Å². The number of benzene rings is 1. The van der Waals surface area contributed by atoms with Gasteiger partial charge >= 0.3 is 0 Å². The number of hydrogen-bond donors (Lipinski definition) is 1. The van der Waals surface area contributed by atoms with E-state index in [-0.39, 0.29) is 11.8 Å². The zero-order valence-electron chi connectivity index (χ0n) is 13.6. The van der Waals surface area contributed by atoms with Gasteiger partial charge in [0.1, 0.15) is 0 Å². The van der Waals surface area contributed by atoms with Crippen LogP contribution in [0.3, 0.4) is 0 Å². The van der Waals surface area contributed by atoms with Crippen LogP contribution in [0.1, 0.15) is 41.5 Å². The average Bonchev–Trinajstić information content (AvgIpc) is 2.83. The van der Waals surface area contributed by atoms with Crippen molar-refractivity contribution in [1.82, 2.24) is 15.1 Å². The average molecular weight is 377 g/mol. The standard InChI is InChI=1S/C17H21BrN4O/c1-11(2)15-14(18)16(20-19-15)17(23)22-9-8-21(3)13-7-5-4-6-12(13)10-22/h4-7,11H,8-10H2,1-3H3,(H,19,20). The van der Waals surface area contributed by atoms with Crippen LogP contribution in [0, 0.1) is 0 Å². The molecule has 0 atom stereocenters. The Morgan fingerprint density at radius 1 is 1.30 bits per heavy atom. The highest BCUT2D eigenvalue weighted by atomic mass is 79.9. The molecule has 1 aliphatic heterocycles. The van der Waals surface area contributed by atoms with Gasteiger partial charge in [0.15, 0.2) is 5.69 Å². The fourth-order valence-electron chi connectivity index (χ4n) is 2.88. The van der Waals surface area contributed by atoms with Crippen LogP contribution in [0.2, 0.25) is 0 Å². The summed E-state index contributed by atoms with van der Waals surface area (Å²) in [5.74, 6) is 0.250. The Bertz CT molecular complexity index is 725. The Labute approximate surface area is 144 Å². The number of carbonyl (C=O) groups is 1. The van der Waals surface area contributed by atoms with Gasteiger partial charge < -0.3 is 9.80 Å². The molecule has 2 heterocycles. The van der Waals surface area contributed by atoms with Crippen molar-refractivity contribution < 1.29 is 4.79 Å². The highest BCUT2D eigenvalue weighted by molar-refractivity contribution is 9.10. The summed E-state index contributed by atoms with van der Waals surface area (Å²) in [5, 5.41) is 7.22. The van der Waals surface area contributed by atoms with Gasteiger partial charge in [0.05, 0.1) is 10.2 Å². The van der Waals surface area contributed by atoms with E-state index >= 15 is 0 Å². The molecule has 0 aliphatic carbocycles. The molecule has 6 heteroatoms. The molecule has 0 saturated carbocycles. The number of carbonyl (C=O) groups excluding carboxylic acids is 1. The highest BCUT2D eigenvalue weighted by Crippen LogP contribution is 2.28. The maximum atomic E-state index is 12.9. The third-order valence-corrected chi connectivity index (χ3v) is 5.07. The Balaban J connectivity index is 1.89. The molecule has 0 fully saturated rings. The molecule has 5 nitrogen and oxygen atoms in total. The molecule has 23 heavy (non-hydrogen) atoms. The zero-order chi connectivity index (χ0) is 16.6. The monoisotopic (exact) mass is 376 g/mol. The molecule has 1 amide bonds. The molecule has 0 bridgehead atoms. The van der Waals surface area contributed by atoms with Crippen LogP contribution < -0.4 is 4.90 Å². The SMILES string of the molecule is CC(C)c1[nH]nc(C(=O)N2CCN(C)c3ccccc3C2)c1Br. The first kappa shape index (κ1) is 16.1. The third-order valence-electron chi connectivity index (χ3n) is 4.27. The smallest absolute Gasteiger partial charge is 0.275 e. The molecule has 1 aromatic carbocycles. The topological polar surface area (TPSA) is 52.2 Å². The lowest BCUT2D eigenvalue weighted by molar-refractivity contribution is 0.0745. The van der Waals surface area contributed by atoms with Crippen LogP contribution in [-0.2, 0) is 6.54 Å². The molecule has 0 radical (unpaired) electrons. The molecule has 1 N–H and O–H groups in total. The lowest BCUT2D eigenvalue weighted by atomic mass is 10.1. The van der Waals surface area contributed by atoms with Gasteiger partial charge in [-0.15, -0.1) is 0 Å². The Hall–Kier alpha value is -1.82. The van der Waals surface area contributed by atoms with Crippen molar-refractivity contribution in [2.24, 2.45) is 0 Å². The first-order valence-corrected chi connectivity index (χ1v) is 8.60. The number of anilines is 1. The van der Waals surface area contributed by atoms with E-state index in [9.17, 15) is 4.79 Å². The largest absolute Gasteiger partial charge is 0.373 e. The van der Waals surface area contributed by atoms with Gasteiger partial charge in [-0.2, -0.15) is 5.10 Å². The number of halogens is 1. The lowest BCUT2D eigenvalue weighted by Gasteiger charge is -2.20. The quantitative estimate of drug-likeness (QED) is 0.873. The second kappa shape index (κ2) is 6.35. The van der Waals surface area contributed by atoms with Crippen molar-refractivity contribution in [3.63, 3.8) is 0 Å². The van der Waals surface area contributed by atoms with Crippen LogP contribution in [0.5, 0.6) is 0 Å². The Morgan fingerprint density at radius 2 is 2.04 bits per heavy atom. The molecule has 0 spiro atoms. The zero-order valence-corrected chi connectivity index (χ0v) is 15.2. The van der Waals surface area contributed by atoms with Gasteiger partial charge in [0, 0.05) is 32.4 Å². The van der Waals surface area contributed by atoms with E-state index in [0.717, 1.165) is 22.3 Å². The summed E-state index contributed by atoms with van der Waals surface area (Å²) >= 11 is 3.53. The van der Waals surface area contributed by atoms with Gasteiger partial charge in [0.2, 0.25) is 0 Å². The third kappa shape index (κ3) is 3.00. The number of likely N-dealkylation sites (N-methyl/N-ethyl adjacent to an activating group) is 1.